The third-order valence-electron chi connectivity index (χ3n) is 6.16. The summed E-state index contributed by atoms with van der Waals surface area (Å²) in [6, 6.07) is 33.5. The van der Waals surface area contributed by atoms with E-state index in [9.17, 15) is 0 Å². The lowest BCUT2D eigenvalue weighted by atomic mass is 10.1. The molecule has 160 valence electrons. The predicted octanol–water partition coefficient (Wildman–Crippen LogP) is 7.52. The van der Waals surface area contributed by atoms with Gasteiger partial charge in [0.15, 0.2) is 0 Å². The number of hydrogen-bond donors (Lipinski definition) is 0. The number of hydrogen-bond acceptors (Lipinski definition) is 4. The van der Waals surface area contributed by atoms with Gasteiger partial charge < -0.3 is 0 Å². The molecule has 0 aliphatic heterocycles. The second-order valence-corrected chi connectivity index (χ2v) is 9.23. The molecule has 0 bridgehead atoms. The van der Waals surface area contributed by atoms with Crippen molar-refractivity contribution in [1.82, 2.24) is 19.5 Å². The average Bonchev–Trinajstić information content (AvgIpc) is 3.44. The Morgan fingerprint density at radius 3 is 2.06 bits per heavy atom. The van der Waals surface area contributed by atoms with Gasteiger partial charge in [0.1, 0.15) is 16.7 Å². The summed E-state index contributed by atoms with van der Waals surface area (Å²) >= 11 is 1.79. The Morgan fingerprint density at radius 1 is 0.706 bits per heavy atom. The van der Waals surface area contributed by atoms with Crippen LogP contribution in [0.1, 0.15) is 0 Å². The highest BCUT2D eigenvalue weighted by Crippen LogP contribution is 2.41. The molecule has 4 aromatic heterocycles. The molecule has 7 rings (SSSR count). The zero-order valence-corrected chi connectivity index (χ0v) is 18.9. The Morgan fingerprint density at radius 2 is 1.35 bits per heavy atom. The van der Waals surface area contributed by atoms with Gasteiger partial charge in [-0.1, -0.05) is 78.9 Å². The molecule has 0 fully saturated rings. The molecule has 4 heterocycles. The molecule has 3 aromatic carbocycles. The molecule has 0 saturated carbocycles. The van der Waals surface area contributed by atoms with E-state index < -0.39 is 0 Å². The molecule has 0 spiro atoms. The predicted molar refractivity (Wildman–Crippen MR) is 140 cm³/mol. The highest BCUT2D eigenvalue weighted by molar-refractivity contribution is 7.25. The van der Waals surface area contributed by atoms with E-state index in [2.05, 4.69) is 94.5 Å². The Labute approximate surface area is 199 Å². The molecule has 4 nitrogen and oxygen atoms in total. The summed E-state index contributed by atoms with van der Waals surface area (Å²) in [4.78, 5) is 15.3. The van der Waals surface area contributed by atoms with Crippen LogP contribution in [0.2, 0.25) is 0 Å². The van der Waals surface area contributed by atoms with Gasteiger partial charge in [0.2, 0.25) is 0 Å². The summed E-state index contributed by atoms with van der Waals surface area (Å²) in [5, 5.41) is 2.41. The van der Waals surface area contributed by atoms with Crippen LogP contribution in [0.5, 0.6) is 0 Å². The molecule has 0 aliphatic rings. The fourth-order valence-corrected chi connectivity index (χ4v) is 5.86. The zero-order valence-electron chi connectivity index (χ0n) is 18.1. The van der Waals surface area contributed by atoms with Gasteiger partial charge in [-0.15, -0.1) is 11.3 Å². The van der Waals surface area contributed by atoms with Crippen molar-refractivity contribution in [3.8, 4) is 28.2 Å². The highest BCUT2D eigenvalue weighted by atomic mass is 32.1. The van der Waals surface area contributed by atoms with E-state index in [1.807, 2.05) is 18.3 Å². The molecular weight excluding hydrogens is 436 g/mol. The molecule has 34 heavy (non-hydrogen) atoms. The molecule has 0 radical (unpaired) electrons. The van der Waals surface area contributed by atoms with E-state index in [4.69, 9.17) is 9.97 Å². The molecule has 5 heteroatoms. The molecule has 0 unspecified atom stereocenters. The summed E-state index contributed by atoms with van der Waals surface area (Å²) in [6.07, 6.45) is 3.55. The number of aromatic nitrogens is 4. The maximum absolute atomic E-state index is 5.05. The van der Waals surface area contributed by atoms with E-state index in [0.717, 1.165) is 39.2 Å². The van der Waals surface area contributed by atoms with Crippen molar-refractivity contribution in [1.29, 1.82) is 0 Å². The van der Waals surface area contributed by atoms with E-state index >= 15 is 0 Å². The first-order valence-electron chi connectivity index (χ1n) is 11.1. The summed E-state index contributed by atoms with van der Waals surface area (Å²) in [5.41, 5.74) is 7.06. The first kappa shape index (κ1) is 19.1. The van der Waals surface area contributed by atoms with Gasteiger partial charge in [-0.2, -0.15) is 0 Å². The molecular formula is C29H18N4S. The normalized spacial score (nSPS) is 11.5. The van der Waals surface area contributed by atoms with Crippen LogP contribution in [-0.4, -0.2) is 19.5 Å². The lowest BCUT2D eigenvalue weighted by Gasteiger charge is -2.12. The average molecular weight is 455 g/mol. The van der Waals surface area contributed by atoms with Crippen molar-refractivity contribution in [3.05, 3.63) is 110 Å². The molecule has 0 saturated heterocycles. The van der Waals surface area contributed by atoms with Gasteiger partial charge in [0.25, 0.3) is 0 Å². The van der Waals surface area contributed by atoms with Crippen molar-refractivity contribution in [2.75, 3.05) is 0 Å². The molecule has 0 atom stereocenters. The van der Waals surface area contributed by atoms with Crippen LogP contribution in [-0.2, 0) is 0 Å². The van der Waals surface area contributed by atoms with Crippen LogP contribution in [0.3, 0.4) is 0 Å². The number of fused-ring (bicyclic) bond motifs is 5. The third-order valence-corrected chi connectivity index (χ3v) is 7.31. The lowest BCUT2D eigenvalue weighted by Crippen LogP contribution is -1.98. The Kier molecular flexibility index (Phi) is 4.29. The van der Waals surface area contributed by atoms with Crippen LogP contribution in [0.15, 0.2) is 110 Å². The maximum Gasteiger partial charge on any atom is 0.116 e. The Balaban J connectivity index is 1.59. The molecule has 0 N–H and O–H groups in total. The Hall–Kier alpha value is -4.35. The van der Waals surface area contributed by atoms with E-state index in [1.54, 1.807) is 17.7 Å². The van der Waals surface area contributed by atoms with Crippen molar-refractivity contribution >= 4 is 42.7 Å². The molecule has 0 amide bonds. The minimum atomic E-state index is 0.935. The van der Waals surface area contributed by atoms with Gasteiger partial charge in [0.05, 0.1) is 28.8 Å². The Bertz CT molecular complexity index is 1740. The smallest absolute Gasteiger partial charge is 0.116 e. The van der Waals surface area contributed by atoms with Crippen LogP contribution in [0.4, 0.5) is 0 Å². The SMILES string of the molecule is c1ccc(-c2cc(-n3c4cncnc4c4c5ccccc5sc43)cc(-c3ccccc3)n2)cc1. The zero-order chi connectivity index (χ0) is 22.5. The number of benzene rings is 3. The van der Waals surface area contributed by atoms with Crippen molar-refractivity contribution in [2.24, 2.45) is 0 Å². The van der Waals surface area contributed by atoms with Gasteiger partial charge in [-0.05, 0) is 18.2 Å². The third kappa shape index (κ3) is 2.95. The van der Waals surface area contributed by atoms with Gasteiger partial charge in [-0.25, -0.2) is 15.0 Å². The van der Waals surface area contributed by atoms with E-state index in [0.29, 0.717) is 0 Å². The highest BCUT2D eigenvalue weighted by Gasteiger charge is 2.20. The summed E-state index contributed by atoms with van der Waals surface area (Å²) in [6.45, 7) is 0. The number of rotatable bonds is 3. The molecule has 7 aromatic rings. The van der Waals surface area contributed by atoms with Crippen molar-refractivity contribution < 1.29 is 0 Å². The summed E-state index contributed by atoms with van der Waals surface area (Å²) < 4.78 is 3.54. The van der Waals surface area contributed by atoms with Crippen LogP contribution in [0.25, 0.3) is 59.5 Å². The topological polar surface area (TPSA) is 43.6 Å². The van der Waals surface area contributed by atoms with Crippen LogP contribution >= 0.6 is 11.3 Å². The van der Waals surface area contributed by atoms with E-state index in [1.165, 1.54) is 20.3 Å². The number of pyridine rings is 1. The second-order valence-electron chi connectivity index (χ2n) is 8.20. The molecule has 0 aliphatic carbocycles. The number of nitrogens with zero attached hydrogens (tertiary/aromatic N) is 4. The van der Waals surface area contributed by atoms with Crippen LogP contribution in [0, 0.1) is 0 Å². The van der Waals surface area contributed by atoms with Crippen molar-refractivity contribution in [2.45, 2.75) is 0 Å². The maximum atomic E-state index is 5.05. The van der Waals surface area contributed by atoms with Crippen molar-refractivity contribution in [3.63, 3.8) is 0 Å². The fourth-order valence-electron chi connectivity index (χ4n) is 4.62. The summed E-state index contributed by atoms with van der Waals surface area (Å²) in [7, 11) is 0. The minimum absolute atomic E-state index is 0.935. The second kappa shape index (κ2) is 7.61. The first-order valence-corrected chi connectivity index (χ1v) is 11.9. The lowest BCUT2D eigenvalue weighted by molar-refractivity contribution is 1.14. The first-order chi connectivity index (χ1) is 16.9. The monoisotopic (exact) mass is 454 g/mol. The van der Waals surface area contributed by atoms with Crippen LogP contribution < -0.4 is 0 Å². The van der Waals surface area contributed by atoms with Gasteiger partial charge in [-0.3, -0.25) is 4.57 Å². The fraction of sp³-hybridized carbons (Fsp3) is 0. The quantitative estimate of drug-likeness (QED) is 0.277. The summed E-state index contributed by atoms with van der Waals surface area (Å²) in [5.74, 6) is 0. The van der Waals surface area contributed by atoms with Gasteiger partial charge in [0, 0.05) is 26.6 Å². The van der Waals surface area contributed by atoms with Gasteiger partial charge >= 0.3 is 0 Å². The number of thiophene rings is 1. The minimum Gasteiger partial charge on any atom is -0.297 e. The standard InChI is InChI=1S/C29H18N4S/c1-3-9-19(10-4-1)23-15-21(16-24(32-23)20-11-5-2-6-12-20)33-25-17-30-18-31-28(25)27-22-13-7-8-14-26(22)34-29(27)33/h1-18H. The van der Waals surface area contributed by atoms with E-state index in [-0.39, 0.29) is 0 Å². The largest absolute Gasteiger partial charge is 0.297 e.